The number of phenolic OH excluding ortho intramolecular Hbond substituents is 2. The van der Waals surface area contributed by atoms with Crippen LogP contribution in [0.5, 0.6) is 17.2 Å². The Hall–Kier alpha value is -3.89. The topological polar surface area (TPSA) is 177 Å². The number of ketones is 2. The second kappa shape index (κ2) is 8.31. The first-order valence-corrected chi connectivity index (χ1v) is 13.2. The fourth-order valence-corrected chi connectivity index (χ4v) is 8.02. The lowest BCUT2D eigenvalue weighted by Crippen LogP contribution is -2.61. The number of carbonyl (C=O) groups excluding carboxylic acids is 3. The Morgan fingerprint density at radius 3 is 2.42 bits per heavy atom. The minimum atomic E-state index is -2.84. The number of hydrogen-bond acceptors (Lipinski definition) is 9. The summed E-state index contributed by atoms with van der Waals surface area (Å²) in [6.45, 7) is 4.18. The van der Waals surface area contributed by atoms with Crippen molar-refractivity contribution in [3.8, 4) is 17.2 Å². The molecule has 1 unspecified atom stereocenters. The third-order valence-corrected chi connectivity index (χ3v) is 9.89. The molecule has 1 spiro atoms. The summed E-state index contributed by atoms with van der Waals surface area (Å²) in [5, 5.41) is 45.7. The van der Waals surface area contributed by atoms with Crippen LogP contribution in [0.3, 0.4) is 0 Å². The normalized spacial score (nSPS) is 30.9. The van der Waals surface area contributed by atoms with Crippen molar-refractivity contribution in [2.75, 3.05) is 14.2 Å². The molecule has 4 aliphatic carbocycles. The lowest BCUT2D eigenvalue weighted by atomic mass is 9.60. The minimum Gasteiger partial charge on any atom is -0.511 e. The van der Waals surface area contributed by atoms with Crippen molar-refractivity contribution in [2.45, 2.75) is 56.7 Å². The number of rotatable bonds is 3. The molecule has 2 aromatic carbocycles. The zero-order chi connectivity index (χ0) is 29.0. The summed E-state index contributed by atoms with van der Waals surface area (Å²) in [6.07, 6.45) is 2.76. The average molecular weight is 550 g/mol. The lowest BCUT2D eigenvalue weighted by molar-refractivity contribution is -0.145. The highest BCUT2D eigenvalue weighted by Gasteiger charge is 2.64. The number of methoxy groups -OCH3 is 2. The molecule has 10 nitrogen and oxygen atoms in total. The van der Waals surface area contributed by atoms with Crippen LogP contribution in [-0.2, 0) is 26.2 Å². The monoisotopic (exact) mass is 549 g/mol. The fourth-order valence-electron chi connectivity index (χ4n) is 8.02. The summed E-state index contributed by atoms with van der Waals surface area (Å²) in [6, 6.07) is 1.41. The molecular weight excluding hydrogens is 518 g/mol. The van der Waals surface area contributed by atoms with Gasteiger partial charge in [-0.3, -0.25) is 14.4 Å². The maximum Gasteiger partial charge on any atom is 0.255 e. The third-order valence-electron chi connectivity index (χ3n) is 9.89. The van der Waals surface area contributed by atoms with Crippen LogP contribution in [0, 0.1) is 11.8 Å². The summed E-state index contributed by atoms with van der Waals surface area (Å²) in [5.74, 6) is -6.09. The van der Waals surface area contributed by atoms with E-state index in [-0.39, 0.29) is 28.2 Å². The predicted octanol–water partition coefficient (Wildman–Crippen LogP) is 2.93. The first-order chi connectivity index (χ1) is 18.9. The zero-order valence-corrected chi connectivity index (χ0v) is 22.6. The molecule has 0 saturated carbocycles. The second-order valence-electron chi connectivity index (χ2n) is 11.4. The van der Waals surface area contributed by atoms with Crippen LogP contribution < -0.4 is 10.5 Å². The van der Waals surface area contributed by atoms with Gasteiger partial charge in [0.25, 0.3) is 5.91 Å². The highest BCUT2D eigenvalue weighted by Crippen LogP contribution is 2.63. The molecule has 40 heavy (non-hydrogen) atoms. The van der Waals surface area contributed by atoms with Crippen LogP contribution in [0.4, 0.5) is 0 Å². The summed E-state index contributed by atoms with van der Waals surface area (Å²) in [4.78, 5) is 39.6. The summed E-state index contributed by atoms with van der Waals surface area (Å²) in [7, 11) is 2.85. The molecule has 1 amide bonds. The molecule has 0 aromatic heterocycles. The molecule has 0 saturated heterocycles. The minimum absolute atomic E-state index is 0.00836. The van der Waals surface area contributed by atoms with Gasteiger partial charge in [-0.05, 0) is 43.2 Å². The SMILES string of the molecule is COc1cc(O)c2c(O)c3c(c4c2c1[C@]1(C4)C(C)=CCCC1C)[C@@H](OC)[C@@H]1CC(O)=C(C(N)=O)C(=O)[C@]1(O)C3=O. The van der Waals surface area contributed by atoms with Crippen LogP contribution in [0.2, 0.25) is 0 Å². The van der Waals surface area contributed by atoms with Crippen molar-refractivity contribution in [1.29, 1.82) is 0 Å². The molecule has 0 radical (unpaired) electrons. The van der Waals surface area contributed by atoms with Crippen molar-refractivity contribution in [3.63, 3.8) is 0 Å². The molecule has 0 fully saturated rings. The van der Waals surface area contributed by atoms with E-state index in [2.05, 4.69) is 13.0 Å². The molecule has 210 valence electrons. The number of amides is 1. The first kappa shape index (κ1) is 26.3. The zero-order valence-electron chi connectivity index (χ0n) is 22.6. The number of carbonyl (C=O) groups is 3. The molecule has 6 N–H and O–H groups in total. The first-order valence-electron chi connectivity index (χ1n) is 13.2. The predicted molar refractivity (Wildman–Crippen MR) is 142 cm³/mol. The number of benzene rings is 2. The van der Waals surface area contributed by atoms with Crippen molar-refractivity contribution >= 4 is 28.2 Å². The maximum atomic E-state index is 14.1. The van der Waals surface area contributed by atoms with Crippen LogP contribution in [0.1, 0.15) is 66.3 Å². The summed E-state index contributed by atoms with van der Waals surface area (Å²) in [5.41, 5.74) is 3.48. The number of aromatic hydroxyl groups is 2. The molecule has 2 aromatic rings. The van der Waals surface area contributed by atoms with Gasteiger partial charge >= 0.3 is 0 Å². The lowest BCUT2D eigenvalue weighted by Gasteiger charge is -2.45. The average Bonchev–Trinajstić information content (AvgIpc) is 3.25. The van der Waals surface area contributed by atoms with Crippen molar-refractivity contribution in [2.24, 2.45) is 17.6 Å². The van der Waals surface area contributed by atoms with E-state index in [4.69, 9.17) is 15.2 Å². The van der Waals surface area contributed by atoms with Gasteiger partial charge in [-0.15, -0.1) is 0 Å². The van der Waals surface area contributed by atoms with E-state index < -0.39 is 64.0 Å². The third kappa shape index (κ3) is 2.82. The molecular formula is C30H31NO9. The Morgan fingerprint density at radius 1 is 1.12 bits per heavy atom. The highest BCUT2D eigenvalue weighted by atomic mass is 16.5. The summed E-state index contributed by atoms with van der Waals surface area (Å²) >= 11 is 0. The van der Waals surface area contributed by atoms with Gasteiger partial charge in [-0.1, -0.05) is 18.6 Å². The number of phenols is 2. The largest absolute Gasteiger partial charge is 0.511 e. The molecule has 5 atom stereocenters. The summed E-state index contributed by atoms with van der Waals surface area (Å²) < 4.78 is 11.6. The molecule has 0 bridgehead atoms. The second-order valence-corrected chi connectivity index (χ2v) is 11.4. The number of allylic oxidation sites excluding steroid dienone is 3. The number of aliphatic hydroxyl groups excluding tert-OH is 1. The van der Waals surface area contributed by atoms with Crippen molar-refractivity contribution in [1.82, 2.24) is 0 Å². The molecule has 6 rings (SSSR count). The van der Waals surface area contributed by atoms with E-state index in [1.54, 1.807) is 0 Å². The molecule has 0 heterocycles. The van der Waals surface area contributed by atoms with Gasteiger partial charge in [-0.25, -0.2) is 0 Å². The van der Waals surface area contributed by atoms with Crippen LogP contribution in [0.15, 0.2) is 29.0 Å². The Balaban J connectivity index is 1.75. The number of primary amides is 1. The standard InChI is InChI=1S/C30H31NO9/c1-11-6-5-7-12(2)29(11)10-13-18-20(16(33)9-17(39-3)23(18)29)24(34)22-19(13)25(40-4)14-8-15(32)21(28(31)37)26(35)30(14,38)27(22)36/h6,9,12,14,25,32-34,38H,5,7-8,10H2,1-4H3,(H2,31,37)/t12?,14-,25-,29+,30-/m0/s1. The number of nitrogens with two attached hydrogens (primary N) is 1. The van der Waals surface area contributed by atoms with Crippen molar-refractivity contribution < 1.29 is 44.3 Å². The van der Waals surface area contributed by atoms with Gasteiger partial charge in [-0.2, -0.15) is 0 Å². The van der Waals surface area contributed by atoms with E-state index in [1.807, 2.05) is 6.92 Å². The molecule has 4 aliphatic rings. The number of Topliss-reactive ketones (excluding diaryl/α,β-unsaturated/α-hetero) is 2. The van der Waals surface area contributed by atoms with E-state index >= 15 is 0 Å². The van der Waals surface area contributed by atoms with Crippen LogP contribution >= 0.6 is 0 Å². The number of aliphatic hydroxyl groups is 2. The maximum absolute atomic E-state index is 14.1. The smallest absolute Gasteiger partial charge is 0.255 e. The molecule has 10 heteroatoms. The highest BCUT2D eigenvalue weighted by molar-refractivity contribution is 6.33. The number of fused-ring (bicyclic) bond motifs is 4. The van der Waals surface area contributed by atoms with Crippen LogP contribution in [0.25, 0.3) is 10.8 Å². The van der Waals surface area contributed by atoms with Crippen LogP contribution in [-0.4, -0.2) is 57.7 Å². The Morgan fingerprint density at radius 2 is 1.82 bits per heavy atom. The van der Waals surface area contributed by atoms with Gasteiger partial charge in [0.1, 0.15) is 28.6 Å². The Labute approximate surface area is 229 Å². The fraction of sp³-hybridized carbons (Fsp3) is 0.433. The number of hydrogen-bond donors (Lipinski definition) is 5. The van der Waals surface area contributed by atoms with E-state index in [0.29, 0.717) is 23.1 Å². The van der Waals surface area contributed by atoms with E-state index in [1.165, 1.54) is 20.3 Å². The van der Waals surface area contributed by atoms with E-state index in [9.17, 15) is 34.8 Å². The quantitative estimate of drug-likeness (QED) is 0.219. The van der Waals surface area contributed by atoms with Gasteiger partial charge in [0, 0.05) is 41.9 Å². The van der Waals surface area contributed by atoms with Crippen molar-refractivity contribution in [3.05, 3.63) is 51.3 Å². The van der Waals surface area contributed by atoms with E-state index in [0.717, 1.165) is 24.0 Å². The Bertz CT molecular complexity index is 1640. The number of ether oxygens (including phenoxy) is 2. The Kier molecular flexibility index (Phi) is 5.47. The van der Waals surface area contributed by atoms with Gasteiger partial charge < -0.3 is 35.6 Å². The van der Waals surface area contributed by atoms with Gasteiger partial charge in [0.05, 0.1) is 24.2 Å². The molecule has 0 aliphatic heterocycles. The van der Waals surface area contributed by atoms with Gasteiger partial charge in [0.2, 0.25) is 11.6 Å². The van der Waals surface area contributed by atoms with Gasteiger partial charge in [0.15, 0.2) is 5.60 Å².